The minimum atomic E-state index is -0.686. The fourth-order valence-electron chi connectivity index (χ4n) is 2.17. The molecule has 2 unspecified atom stereocenters. The maximum Gasteiger partial charge on any atom is 0.123 e. The third kappa shape index (κ3) is 5.27. The lowest BCUT2D eigenvalue weighted by molar-refractivity contribution is 0.0945. The monoisotopic (exact) mass is 269 g/mol. The van der Waals surface area contributed by atoms with Crippen LogP contribution in [0.1, 0.15) is 38.4 Å². The lowest BCUT2D eigenvalue weighted by atomic mass is 9.96. The molecule has 0 saturated carbocycles. The number of benzene rings is 1. The molecule has 108 valence electrons. The van der Waals surface area contributed by atoms with E-state index < -0.39 is 12.2 Å². The third-order valence-electron chi connectivity index (χ3n) is 3.54. The van der Waals surface area contributed by atoms with Crippen molar-refractivity contribution >= 4 is 0 Å². The van der Waals surface area contributed by atoms with Gasteiger partial charge in [0.15, 0.2) is 0 Å². The van der Waals surface area contributed by atoms with Crippen molar-refractivity contribution in [1.29, 1.82) is 0 Å². The van der Waals surface area contributed by atoms with Crippen molar-refractivity contribution in [2.45, 2.75) is 38.9 Å². The van der Waals surface area contributed by atoms with Crippen molar-refractivity contribution in [2.75, 3.05) is 13.1 Å². The molecule has 0 fully saturated rings. The average molecular weight is 269 g/mol. The predicted octanol–water partition coefficient (Wildman–Crippen LogP) is 2.25. The van der Waals surface area contributed by atoms with Gasteiger partial charge in [0.2, 0.25) is 0 Å². The molecule has 0 aliphatic heterocycles. The zero-order valence-corrected chi connectivity index (χ0v) is 11.6. The van der Waals surface area contributed by atoms with Gasteiger partial charge in [-0.3, -0.25) is 0 Å². The van der Waals surface area contributed by atoms with Gasteiger partial charge >= 0.3 is 0 Å². The van der Waals surface area contributed by atoms with E-state index >= 15 is 0 Å². The highest BCUT2D eigenvalue weighted by atomic mass is 19.1. The Balaban J connectivity index is 2.34. The largest absolute Gasteiger partial charge is 0.392 e. The van der Waals surface area contributed by atoms with Crippen LogP contribution in [-0.4, -0.2) is 29.4 Å². The van der Waals surface area contributed by atoms with Gasteiger partial charge < -0.3 is 15.5 Å². The fraction of sp³-hybridized carbons (Fsp3) is 0.600. The molecule has 0 aliphatic carbocycles. The van der Waals surface area contributed by atoms with Gasteiger partial charge in [-0.2, -0.15) is 0 Å². The molecule has 0 aliphatic rings. The van der Waals surface area contributed by atoms with Crippen LogP contribution in [0.3, 0.4) is 0 Å². The van der Waals surface area contributed by atoms with Gasteiger partial charge in [0, 0.05) is 13.1 Å². The van der Waals surface area contributed by atoms with Crippen LogP contribution in [0, 0.1) is 11.7 Å². The topological polar surface area (TPSA) is 52.5 Å². The molecule has 1 aromatic rings. The molecule has 4 heteroatoms. The first kappa shape index (κ1) is 16.1. The van der Waals surface area contributed by atoms with Gasteiger partial charge in [-0.1, -0.05) is 38.8 Å². The van der Waals surface area contributed by atoms with Crippen molar-refractivity contribution in [3.05, 3.63) is 35.6 Å². The van der Waals surface area contributed by atoms with Crippen LogP contribution in [0.15, 0.2) is 24.3 Å². The molecule has 0 bridgehead atoms. The molecule has 0 spiro atoms. The number of halogens is 1. The minimum Gasteiger partial charge on any atom is -0.392 e. The van der Waals surface area contributed by atoms with Crippen LogP contribution >= 0.6 is 0 Å². The van der Waals surface area contributed by atoms with Gasteiger partial charge in [0.25, 0.3) is 0 Å². The van der Waals surface area contributed by atoms with Crippen LogP contribution in [0.25, 0.3) is 0 Å². The second-order valence-electron chi connectivity index (χ2n) is 4.87. The third-order valence-corrected chi connectivity index (χ3v) is 3.54. The van der Waals surface area contributed by atoms with E-state index in [1.165, 1.54) is 12.1 Å². The number of hydrogen-bond donors (Lipinski definition) is 3. The number of aliphatic hydroxyl groups is 2. The van der Waals surface area contributed by atoms with Crippen LogP contribution in [0.5, 0.6) is 0 Å². The van der Waals surface area contributed by atoms with Crippen molar-refractivity contribution in [1.82, 2.24) is 5.32 Å². The summed E-state index contributed by atoms with van der Waals surface area (Å²) in [5.41, 5.74) is 0.672. The summed E-state index contributed by atoms with van der Waals surface area (Å²) in [6, 6.07) is 5.80. The molecule has 3 nitrogen and oxygen atoms in total. The van der Waals surface area contributed by atoms with E-state index in [0.29, 0.717) is 18.7 Å². The SMILES string of the molecule is CCC(CC)C(O)CNCC(O)c1ccc(F)cc1. The highest BCUT2D eigenvalue weighted by Gasteiger charge is 2.15. The summed E-state index contributed by atoms with van der Waals surface area (Å²) in [7, 11) is 0. The van der Waals surface area contributed by atoms with E-state index in [4.69, 9.17) is 0 Å². The van der Waals surface area contributed by atoms with Gasteiger partial charge in [-0.05, 0) is 23.6 Å². The number of hydrogen-bond acceptors (Lipinski definition) is 3. The Morgan fingerprint density at radius 1 is 1.05 bits per heavy atom. The zero-order valence-electron chi connectivity index (χ0n) is 11.6. The Kier molecular flexibility index (Phi) is 6.99. The summed E-state index contributed by atoms with van der Waals surface area (Å²) < 4.78 is 12.7. The summed E-state index contributed by atoms with van der Waals surface area (Å²) in [5.74, 6) is -0.0245. The fourth-order valence-corrected chi connectivity index (χ4v) is 2.17. The normalized spacial score (nSPS) is 14.6. The Hall–Kier alpha value is -0.970. The van der Waals surface area contributed by atoms with Crippen LogP contribution in [-0.2, 0) is 0 Å². The smallest absolute Gasteiger partial charge is 0.123 e. The maximum atomic E-state index is 12.7. The minimum absolute atomic E-state index is 0.287. The maximum absolute atomic E-state index is 12.7. The zero-order chi connectivity index (χ0) is 14.3. The van der Waals surface area contributed by atoms with Gasteiger partial charge in [-0.15, -0.1) is 0 Å². The lowest BCUT2D eigenvalue weighted by Crippen LogP contribution is -2.34. The van der Waals surface area contributed by atoms with Gasteiger partial charge in [-0.25, -0.2) is 4.39 Å². The number of aliphatic hydroxyl groups excluding tert-OH is 2. The van der Waals surface area contributed by atoms with Gasteiger partial charge in [0.1, 0.15) is 5.82 Å². The van der Waals surface area contributed by atoms with Crippen molar-refractivity contribution in [2.24, 2.45) is 5.92 Å². The molecule has 19 heavy (non-hydrogen) atoms. The summed E-state index contributed by atoms with van der Waals surface area (Å²) in [6.07, 6.45) is 0.810. The Morgan fingerprint density at radius 3 is 2.16 bits per heavy atom. The first-order chi connectivity index (χ1) is 9.08. The molecule has 0 aromatic heterocycles. The summed E-state index contributed by atoms with van der Waals surface area (Å²) in [5, 5.41) is 22.9. The first-order valence-electron chi connectivity index (χ1n) is 6.90. The number of rotatable bonds is 8. The molecule has 2 atom stereocenters. The molecule has 0 amide bonds. The van der Waals surface area contributed by atoms with Crippen molar-refractivity contribution < 1.29 is 14.6 Å². The molecule has 0 radical (unpaired) electrons. The highest BCUT2D eigenvalue weighted by Crippen LogP contribution is 2.14. The predicted molar refractivity (Wildman–Crippen MR) is 74.3 cm³/mol. The standard InChI is InChI=1S/C15H24FNO2/c1-3-11(4-2)14(18)9-17-10-15(19)12-5-7-13(16)8-6-12/h5-8,11,14-15,17-19H,3-4,9-10H2,1-2H3. The summed E-state index contributed by atoms with van der Waals surface area (Å²) in [6.45, 7) is 4.93. The molecular weight excluding hydrogens is 245 g/mol. The quantitative estimate of drug-likeness (QED) is 0.678. The molecule has 1 aromatic carbocycles. The second kappa shape index (κ2) is 8.25. The van der Waals surface area contributed by atoms with E-state index in [-0.39, 0.29) is 11.7 Å². The van der Waals surface area contributed by atoms with Crippen LogP contribution < -0.4 is 5.32 Å². The molecule has 0 saturated heterocycles. The molecule has 3 N–H and O–H groups in total. The van der Waals surface area contributed by atoms with E-state index in [1.54, 1.807) is 12.1 Å². The van der Waals surface area contributed by atoms with E-state index in [0.717, 1.165) is 12.8 Å². The highest BCUT2D eigenvalue weighted by molar-refractivity contribution is 5.18. The number of nitrogens with one attached hydrogen (secondary N) is 1. The summed E-state index contributed by atoms with van der Waals surface area (Å²) in [4.78, 5) is 0. The van der Waals surface area contributed by atoms with Crippen LogP contribution in [0.2, 0.25) is 0 Å². The molecular formula is C15H24FNO2. The Morgan fingerprint density at radius 2 is 1.63 bits per heavy atom. The molecule has 1 rings (SSSR count). The van der Waals surface area contributed by atoms with Crippen molar-refractivity contribution in [3.8, 4) is 0 Å². The second-order valence-corrected chi connectivity index (χ2v) is 4.87. The van der Waals surface area contributed by atoms with E-state index in [1.807, 2.05) is 0 Å². The average Bonchev–Trinajstić information content (AvgIpc) is 2.40. The first-order valence-corrected chi connectivity index (χ1v) is 6.90. The Labute approximate surface area is 114 Å². The van der Waals surface area contributed by atoms with Crippen LogP contribution in [0.4, 0.5) is 4.39 Å². The summed E-state index contributed by atoms with van der Waals surface area (Å²) >= 11 is 0. The van der Waals surface area contributed by atoms with Gasteiger partial charge in [0.05, 0.1) is 12.2 Å². The molecule has 0 heterocycles. The lowest BCUT2D eigenvalue weighted by Gasteiger charge is -2.21. The van der Waals surface area contributed by atoms with E-state index in [9.17, 15) is 14.6 Å². The Bertz CT molecular complexity index is 352. The van der Waals surface area contributed by atoms with Crippen molar-refractivity contribution in [3.63, 3.8) is 0 Å². The van der Waals surface area contributed by atoms with E-state index in [2.05, 4.69) is 19.2 Å².